The van der Waals surface area contributed by atoms with E-state index in [1.165, 1.54) is 0 Å². The molecular weight excluding hydrogens is 608 g/mol. The average molecular weight is 659 g/mol. The summed E-state index contributed by atoms with van der Waals surface area (Å²) < 4.78 is 20.0. The lowest BCUT2D eigenvalue weighted by atomic mass is 10.3. The first-order valence-corrected chi connectivity index (χ1v) is 17.0. The van der Waals surface area contributed by atoms with Gasteiger partial charge in [-0.15, -0.1) is 0 Å². The molecule has 0 aromatic carbocycles. The first-order chi connectivity index (χ1) is 23.8. The average Bonchev–Trinajstić information content (AvgIpc) is 4.00. The largest absolute Gasteiger partial charge is 0.379 e. The van der Waals surface area contributed by atoms with Crippen LogP contribution in [-0.2, 0) is 18.9 Å². The summed E-state index contributed by atoms with van der Waals surface area (Å²) in [5.41, 5.74) is 7.86. The summed E-state index contributed by atoms with van der Waals surface area (Å²) >= 11 is 0. The Labute approximate surface area is 282 Å². The third kappa shape index (κ3) is 13.8. The molecule has 6 N–H and O–H groups in total. The zero-order valence-electron chi connectivity index (χ0n) is 27.8. The Bertz CT molecular complexity index is 1300. The summed E-state index contributed by atoms with van der Waals surface area (Å²) in [4.78, 5) is 16.0. The quantitative estimate of drug-likeness (QED) is 0.147. The number of hydrogen-bond acceptors (Lipinski definition) is 10. The maximum atomic E-state index is 5.01. The van der Waals surface area contributed by atoms with E-state index in [-0.39, 0.29) is 0 Å². The van der Waals surface area contributed by atoms with E-state index in [4.69, 9.17) is 18.9 Å². The molecule has 0 spiro atoms. The van der Waals surface area contributed by atoms with Crippen molar-refractivity contribution in [3.05, 3.63) is 71.3 Å². The van der Waals surface area contributed by atoms with Crippen LogP contribution in [0, 0.1) is 0 Å². The van der Waals surface area contributed by atoms with E-state index in [0.717, 1.165) is 150 Å². The first-order valence-electron chi connectivity index (χ1n) is 17.0. The van der Waals surface area contributed by atoms with Crippen LogP contribution in [0.15, 0.2) is 48.5 Å². The molecule has 8 bridgehead atoms. The molecule has 258 valence electrons. The Hall–Kier alpha value is -3.72. The van der Waals surface area contributed by atoms with Crippen LogP contribution in [0.3, 0.4) is 0 Å². The zero-order valence-corrected chi connectivity index (χ0v) is 27.8. The molecule has 12 heteroatoms. The minimum Gasteiger partial charge on any atom is -0.379 e. The van der Waals surface area contributed by atoms with Crippen molar-refractivity contribution in [1.82, 2.24) is 41.2 Å². The molecule has 3 aromatic rings. The topological polar surface area (TPSA) is 142 Å². The van der Waals surface area contributed by atoms with Gasteiger partial charge in [0.1, 0.15) is 0 Å². The Morgan fingerprint density at radius 1 is 0.354 bits per heavy atom. The summed E-state index contributed by atoms with van der Waals surface area (Å²) in [5, 5.41) is 12.6. The summed E-state index contributed by atoms with van der Waals surface area (Å²) in [6.07, 6.45) is 8.09. The lowest BCUT2D eigenvalue weighted by Gasteiger charge is -2.10. The van der Waals surface area contributed by atoms with Crippen LogP contribution in [0.25, 0.3) is 46.4 Å². The normalized spacial score (nSPS) is 18.3. The Kier molecular flexibility index (Phi) is 15.8. The smallest absolute Gasteiger partial charge is 0.0658 e. The highest BCUT2D eigenvalue weighted by molar-refractivity contribution is 5.77. The van der Waals surface area contributed by atoms with Gasteiger partial charge in [0.15, 0.2) is 0 Å². The molecular formula is C36H50N8O4. The van der Waals surface area contributed by atoms with Crippen LogP contribution in [0.4, 0.5) is 0 Å². The number of nitrogens with one attached hydrogen (secondary N) is 6. The van der Waals surface area contributed by atoms with Gasteiger partial charge in [-0.05, 0) is 72.8 Å². The molecule has 3 aromatic heterocycles. The molecule has 9 rings (SSSR count). The van der Waals surface area contributed by atoms with Crippen molar-refractivity contribution in [3.8, 4) is 0 Å². The summed E-state index contributed by atoms with van der Waals surface area (Å²) in [5.74, 6) is 0. The molecule has 12 nitrogen and oxygen atoms in total. The number of ether oxygens (including phenoxy) is 4. The number of rotatable bonds is 0. The van der Waals surface area contributed by atoms with Gasteiger partial charge in [0, 0.05) is 74.4 Å². The van der Waals surface area contributed by atoms with Gasteiger partial charge >= 0.3 is 0 Å². The van der Waals surface area contributed by atoms with E-state index in [9.17, 15) is 0 Å². The molecule has 0 radical (unpaired) electrons. The van der Waals surface area contributed by atoms with E-state index >= 15 is 0 Å². The van der Waals surface area contributed by atoms with Crippen molar-refractivity contribution in [2.45, 2.75) is 0 Å². The lowest BCUT2D eigenvalue weighted by Crippen LogP contribution is -2.30. The fraction of sp³-hybridized carbons (Fsp3) is 0.444. The van der Waals surface area contributed by atoms with Crippen molar-refractivity contribution >= 4 is 46.4 Å². The van der Waals surface area contributed by atoms with Crippen LogP contribution >= 0.6 is 0 Å². The van der Waals surface area contributed by atoms with Gasteiger partial charge in [0.25, 0.3) is 0 Å². The Morgan fingerprint density at radius 2 is 0.583 bits per heavy atom. The SMILES string of the molecule is C1=Cc2cc3ccc(cc4nc(cc5ccc(cc1n2)[nH]5)C=C4)[nH]3.C1COCCN1.C1COCCN1.C1COCCN1.C1COCCN1. The van der Waals surface area contributed by atoms with Crippen LogP contribution in [0.2, 0.25) is 0 Å². The molecule has 9 heterocycles. The van der Waals surface area contributed by atoms with Crippen molar-refractivity contribution in [3.63, 3.8) is 0 Å². The summed E-state index contributed by atoms with van der Waals surface area (Å²) in [6, 6.07) is 16.4. The number of aromatic amines is 2. The molecule has 6 aliphatic heterocycles. The Morgan fingerprint density at radius 3 is 0.750 bits per heavy atom. The minimum absolute atomic E-state index is 0.889. The van der Waals surface area contributed by atoms with E-state index in [1.54, 1.807) is 0 Å². The Balaban J connectivity index is 0.000000151. The van der Waals surface area contributed by atoms with Crippen LogP contribution in [-0.4, -0.2) is 125 Å². The third-order valence-corrected chi connectivity index (χ3v) is 7.43. The molecule has 0 saturated carbocycles. The maximum absolute atomic E-state index is 5.01. The van der Waals surface area contributed by atoms with E-state index in [1.807, 2.05) is 48.6 Å². The second kappa shape index (κ2) is 21.3. The van der Waals surface area contributed by atoms with Crippen LogP contribution < -0.4 is 21.3 Å². The number of aromatic nitrogens is 4. The predicted octanol–water partition coefficient (Wildman–Crippen LogP) is 3.08. The van der Waals surface area contributed by atoms with E-state index in [2.05, 4.69) is 65.5 Å². The molecule has 0 unspecified atom stereocenters. The van der Waals surface area contributed by atoms with Crippen LogP contribution in [0.1, 0.15) is 22.8 Å². The van der Waals surface area contributed by atoms with E-state index < -0.39 is 0 Å². The van der Waals surface area contributed by atoms with Gasteiger partial charge in [-0.1, -0.05) is 0 Å². The second-order valence-electron chi connectivity index (χ2n) is 11.4. The monoisotopic (exact) mass is 658 g/mol. The van der Waals surface area contributed by atoms with Crippen molar-refractivity contribution in [2.75, 3.05) is 105 Å². The highest BCUT2D eigenvalue weighted by Gasteiger charge is 2.01. The molecule has 4 fully saturated rings. The second-order valence-corrected chi connectivity index (χ2v) is 11.4. The number of morpholine rings is 4. The zero-order chi connectivity index (χ0) is 32.9. The molecule has 48 heavy (non-hydrogen) atoms. The van der Waals surface area contributed by atoms with Gasteiger partial charge in [-0.3, -0.25) is 0 Å². The van der Waals surface area contributed by atoms with Gasteiger partial charge in [0.2, 0.25) is 0 Å². The summed E-state index contributed by atoms with van der Waals surface area (Å²) in [6.45, 7) is 15.3. The first kappa shape index (κ1) is 35.6. The molecule has 0 atom stereocenters. The van der Waals surface area contributed by atoms with E-state index in [0.29, 0.717) is 0 Å². The maximum Gasteiger partial charge on any atom is 0.0658 e. The highest BCUT2D eigenvalue weighted by atomic mass is 16.5. The third-order valence-electron chi connectivity index (χ3n) is 7.43. The van der Waals surface area contributed by atoms with Crippen LogP contribution in [0.5, 0.6) is 0 Å². The van der Waals surface area contributed by atoms with Gasteiger partial charge in [0.05, 0.1) is 75.6 Å². The standard InChI is InChI=1S/C20H14N4.4C4H9NO/c1-2-14-10-16-5-6-18(23-16)12-20-8-7-19(24-20)11-17-4-3-15(22-17)9-13(1)21-14;4*1-3-6-4-2-5-1/h1-12,21,24H;4*5H,1-4H2. The number of fused-ring (bicyclic) bond motifs is 8. The predicted molar refractivity (Wildman–Crippen MR) is 194 cm³/mol. The van der Waals surface area contributed by atoms with Crippen molar-refractivity contribution in [1.29, 1.82) is 0 Å². The molecule has 6 aliphatic rings. The summed E-state index contributed by atoms with van der Waals surface area (Å²) in [7, 11) is 0. The fourth-order valence-corrected chi connectivity index (χ4v) is 5.01. The van der Waals surface area contributed by atoms with Gasteiger partial charge in [-0.25, -0.2) is 9.97 Å². The van der Waals surface area contributed by atoms with Crippen molar-refractivity contribution in [2.24, 2.45) is 0 Å². The van der Waals surface area contributed by atoms with Crippen molar-refractivity contribution < 1.29 is 18.9 Å². The van der Waals surface area contributed by atoms with Gasteiger partial charge < -0.3 is 50.2 Å². The number of hydrogen-bond donors (Lipinski definition) is 6. The molecule has 4 saturated heterocycles. The highest BCUT2D eigenvalue weighted by Crippen LogP contribution is 2.17. The number of nitrogens with zero attached hydrogens (tertiary/aromatic N) is 2. The molecule has 0 amide bonds. The minimum atomic E-state index is 0.889. The number of H-pyrrole nitrogens is 2. The fourth-order valence-electron chi connectivity index (χ4n) is 5.01. The molecule has 0 aliphatic carbocycles. The van der Waals surface area contributed by atoms with Gasteiger partial charge in [-0.2, -0.15) is 0 Å². The lowest BCUT2D eigenvalue weighted by molar-refractivity contribution is 0.109.